The van der Waals surface area contributed by atoms with Gasteiger partial charge in [-0.05, 0) is 23.4 Å². The maximum Gasteiger partial charge on any atom is 0.426 e. The van der Waals surface area contributed by atoms with Crippen molar-refractivity contribution in [2.24, 2.45) is 11.3 Å². The average molecular weight is 263 g/mol. The molecule has 1 fully saturated rings. The summed E-state index contributed by atoms with van der Waals surface area (Å²) in [7, 11) is 0. The lowest BCUT2D eigenvalue weighted by Gasteiger charge is -1.98. The average Bonchev–Trinajstić information content (AvgIpc) is 2.59. The third kappa shape index (κ3) is 5.42. The number of halogens is 5. The van der Waals surface area contributed by atoms with E-state index in [-0.39, 0.29) is 16.6 Å². The van der Waals surface area contributed by atoms with Gasteiger partial charge in [0.05, 0.1) is 0 Å². The molecule has 0 radical (unpaired) electrons. The molecule has 1 atom stereocenters. The van der Waals surface area contributed by atoms with Crippen molar-refractivity contribution in [1.29, 1.82) is 0 Å². The van der Waals surface area contributed by atoms with Gasteiger partial charge in [-0.15, -0.1) is 0 Å². The predicted octanol–water partition coefficient (Wildman–Crippen LogP) is 4.10. The van der Waals surface area contributed by atoms with Gasteiger partial charge in [0.1, 0.15) is 5.03 Å². The third-order valence-electron chi connectivity index (χ3n) is 2.09. The molecule has 6 heteroatoms. The van der Waals surface area contributed by atoms with Crippen LogP contribution in [0.4, 0.5) is 13.2 Å². The number of hydrogen-bond acceptors (Lipinski definition) is 1. The Morgan fingerprint density at radius 3 is 1.67 bits per heavy atom. The second-order valence-corrected chi connectivity index (χ2v) is 4.78. The van der Waals surface area contributed by atoms with Crippen molar-refractivity contribution in [2.75, 3.05) is 0 Å². The van der Waals surface area contributed by atoms with Gasteiger partial charge in [-0.25, -0.2) is 0 Å². The molecule has 0 aromatic carbocycles. The molecule has 1 saturated carbocycles. The second kappa shape index (κ2) is 4.74. The number of rotatable bonds is 1. The fourth-order valence-electron chi connectivity index (χ4n) is 0.855. The predicted molar refractivity (Wildman–Crippen MR) is 53.8 cm³/mol. The molecule has 0 spiro atoms. The van der Waals surface area contributed by atoms with E-state index in [0.717, 1.165) is 6.42 Å². The molecular weight excluding hydrogens is 252 g/mol. The van der Waals surface area contributed by atoms with Gasteiger partial charge < -0.3 is 0 Å². The summed E-state index contributed by atoms with van der Waals surface area (Å²) in [5.74, 6) is 0.143. The van der Waals surface area contributed by atoms with Crippen molar-refractivity contribution >= 4 is 28.4 Å². The first kappa shape index (κ1) is 14.8. The van der Waals surface area contributed by atoms with Gasteiger partial charge in [-0.1, -0.05) is 32.0 Å². The lowest BCUT2D eigenvalue weighted by Crippen LogP contribution is -2.04. The molecule has 1 aliphatic rings. The molecule has 1 aliphatic carbocycles. The highest BCUT2D eigenvalue weighted by atomic mass is 35.5. The lowest BCUT2D eigenvalue weighted by molar-refractivity contribution is -0.113. The fourth-order valence-corrected chi connectivity index (χ4v) is 1.23. The summed E-state index contributed by atoms with van der Waals surface area (Å²) >= 11 is 9.66. The molecule has 1 nitrogen and oxygen atoms in total. The Balaban J connectivity index is 0.000000265. The van der Waals surface area contributed by atoms with Crippen molar-refractivity contribution < 1.29 is 18.0 Å². The molecule has 1 rings (SSSR count). The molecule has 0 aliphatic heterocycles. The number of alkyl halides is 3. The van der Waals surface area contributed by atoms with Gasteiger partial charge in [0.25, 0.3) is 0 Å². The van der Waals surface area contributed by atoms with Crippen LogP contribution in [0.1, 0.15) is 20.3 Å². The van der Waals surface area contributed by atoms with E-state index in [1.165, 1.54) is 0 Å². The lowest BCUT2D eigenvalue weighted by atomic mass is 10.1. The van der Waals surface area contributed by atoms with Gasteiger partial charge in [-0.2, -0.15) is 13.2 Å². The molecule has 0 saturated heterocycles. The van der Waals surface area contributed by atoms with Crippen LogP contribution in [0.2, 0.25) is 0 Å². The van der Waals surface area contributed by atoms with Crippen molar-refractivity contribution in [3.63, 3.8) is 0 Å². The minimum Gasteiger partial charge on any atom is -0.281 e. The van der Waals surface area contributed by atoms with E-state index in [1.807, 2.05) is 0 Å². The SMILES string of the molecule is C=C(Cl)C(F)(F)F.CC1(C)C[C@H]1C(=O)Cl. The maximum atomic E-state index is 10.9. The normalized spacial score (nSPS) is 22.5. The summed E-state index contributed by atoms with van der Waals surface area (Å²) in [6.45, 7) is 6.57. The van der Waals surface area contributed by atoms with Crippen molar-refractivity contribution in [2.45, 2.75) is 26.4 Å². The minimum absolute atomic E-state index is 0.143. The second-order valence-electron chi connectivity index (χ2n) is 3.95. The molecule has 0 N–H and O–H groups in total. The largest absolute Gasteiger partial charge is 0.426 e. The van der Waals surface area contributed by atoms with E-state index in [4.69, 9.17) is 11.6 Å². The van der Waals surface area contributed by atoms with E-state index in [2.05, 4.69) is 32.0 Å². The molecule has 0 aromatic heterocycles. The van der Waals surface area contributed by atoms with E-state index in [0.29, 0.717) is 0 Å². The zero-order chi connectivity index (χ0) is 12.4. The molecule has 88 valence electrons. The van der Waals surface area contributed by atoms with Gasteiger partial charge >= 0.3 is 6.18 Å². The van der Waals surface area contributed by atoms with Gasteiger partial charge in [0, 0.05) is 5.92 Å². The van der Waals surface area contributed by atoms with Crippen molar-refractivity contribution in [3.05, 3.63) is 11.6 Å². The molecule has 15 heavy (non-hydrogen) atoms. The van der Waals surface area contributed by atoms with Crippen LogP contribution in [0.3, 0.4) is 0 Å². The Kier molecular flexibility index (Phi) is 4.67. The molecule has 0 amide bonds. The highest BCUT2D eigenvalue weighted by molar-refractivity contribution is 6.64. The maximum absolute atomic E-state index is 10.9. The zero-order valence-electron chi connectivity index (χ0n) is 8.29. The van der Waals surface area contributed by atoms with E-state index < -0.39 is 11.2 Å². The number of hydrogen-bond donors (Lipinski definition) is 0. The minimum atomic E-state index is -4.43. The molecule has 0 aromatic rings. The molecular formula is C9H11Cl2F3O. The quantitative estimate of drug-likeness (QED) is 0.651. The monoisotopic (exact) mass is 262 g/mol. The van der Waals surface area contributed by atoms with E-state index in [1.54, 1.807) is 0 Å². The van der Waals surface area contributed by atoms with E-state index in [9.17, 15) is 18.0 Å². The van der Waals surface area contributed by atoms with E-state index >= 15 is 0 Å². The summed E-state index contributed by atoms with van der Waals surface area (Å²) in [4.78, 5) is 10.4. The number of carbonyl (C=O) groups is 1. The van der Waals surface area contributed by atoms with Crippen LogP contribution < -0.4 is 0 Å². The molecule has 0 unspecified atom stereocenters. The Bertz CT molecular complexity index is 271. The highest BCUT2D eigenvalue weighted by Crippen LogP contribution is 2.52. The first-order valence-electron chi connectivity index (χ1n) is 4.09. The summed E-state index contributed by atoms with van der Waals surface area (Å²) in [6.07, 6.45) is -3.46. The first-order valence-corrected chi connectivity index (χ1v) is 4.85. The summed E-state index contributed by atoms with van der Waals surface area (Å²) < 4.78 is 32.8. The van der Waals surface area contributed by atoms with Gasteiger partial charge in [-0.3, -0.25) is 4.79 Å². The van der Waals surface area contributed by atoms with Crippen LogP contribution in [0, 0.1) is 11.3 Å². The van der Waals surface area contributed by atoms with Gasteiger partial charge in [0.2, 0.25) is 5.24 Å². The van der Waals surface area contributed by atoms with Crippen molar-refractivity contribution in [1.82, 2.24) is 0 Å². The smallest absolute Gasteiger partial charge is 0.281 e. The standard InChI is InChI=1S/C6H9ClO.C3H2ClF3/c1-6(2)3-4(6)5(7)8;1-2(4)3(5,6)7/h4H,3H2,1-2H3;1H2/t4-;/m0./s1. The van der Waals surface area contributed by atoms with Crippen LogP contribution in [0.5, 0.6) is 0 Å². The van der Waals surface area contributed by atoms with Crippen LogP contribution in [-0.2, 0) is 4.79 Å². The first-order chi connectivity index (χ1) is 6.48. The Morgan fingerprint density at radius 1 is 1.40 bits per heavy atom. The molecule has 0 heterocycles. The Hall–Kier alpha value is -0.220. The van der Waals surface area contributed by atoms with Crippen LogP contribution >= 0.6 is 23.2 Å². The van der Waals surface area contributed by atoms with Crippen LogP contribution in [-0.4, -0.2) is 11.4 Å². The number of allylic oxidation sites excluding steroid dienone is 1. The summed E-state index contributed by atoms with van der Waals surface area (Å²) in [6, 6.07) is 0. The van der Waals surface area contributed by atoms with Crippen LogP contribution in [0.25, 0.3) is 0 Å². The highest BCUT2D eigenvalue weighted by Gasteiger charge is 2.49. The fraction of sp³-hybridized carbons (Fsp3) is 0.667. The Labute approximate surface area is 96.2 Å². The Morgan fingerprint density at radius 2 is 1.67 bits per heavy atom. The van der Waals surface area contributed by atoms with Crippen molar-refractivity contribution in [3.8, 4) is 0 Å². The summed E-state index contributed by atoms with van der Waals surface area (Å²) in [5, 5.41) is -1.46. The number of carbonyl (C=O) groups excluding carboxylic acids is 1. The topological polar surface area (TPSA) is 17.1 Å². The molecule has 0 bridgehead atoms. The van der Waals surface area contributed by atoms with Gasteiger partial charge in [0.15, 0.2) is 0 Å². The van der Waals surface area contributed by atoms with Crippen LogP contribution in [0.15, 0.2) is 11.6 Å². The third-order valence-corrected chi connectivity index (χ3v) is 2.57. The zero-order valence-corrected chi connectivity index (χ0v) is 9.80. The summed E-state index contributed by atoms with van der Waals surface area (Å²) in [5.41, 5.74) is 0.207.